The summed E-state index contributed by atoms with van der Waals surface area (Å²) in [7, 11) is 1.92. The molecule has 1 amide bonds. The third kappa shape index (κ3) is 2.85. The Kier molecular flexibility index (Phi) is 3.69. The van der Waals surface area contributed by atoms with Gasteiger partial charge in [-0.3, -0.25) is 4.79 Å². The molecule has 0 unspecified atom stereocenters. The van der Waals surface area contributed by atoms with Gasteiger partial charge in [0, 0.05) is 35.8 Å². The molecule has 3 rings (SSSR count). The van der Waals surface area contributed by atoms with Crippen molar-refractivity contribution < 1.29 is 9.32 Å². The zero-order valence-electron chi connectivity index (χ0n) is 12.7. The van der Waals surface area contributed by atoms with E-state index in [-0.39, 0.29) is 11.4 Å². The normalized spacial score (nSPS) is 11.4. The van der Waals surface area contributed by atoms with E-state index in [1.54, 1.807) is 19.1 Å². The fraction of sp³-hybridized carbons (Fsp3) is 0.118. The first-order valence-electron chi connectivity index (χ1n) is 6.99. The van der Waals surface area contributed by atoms with Gasteiger partial charge in [-0.2, -0.15) is 5.26 Å². The van der Waals surface area contributed by atoms with Gasteiger partial charge in [0.2, 0.25) is 0 Å². The standard InChI is InChI=1S/C17H14N4O2/c1-11-7-16(20-23-11)19-17(22)12(9-18)8-13-10-21(2)15-6-4-3-5-14(13)15/h3-8,10H,1-2H3,(H,19,20,22)/b12-8+. The SMILES string of the molecule is Cc1cc(NC(=O)/C(C#N)=C/c2cn(C)c3ccccc23)no1. The first kappa shape index (κ1) is 14.6. The number of hydrogen-bond donors (Lipinski definition) is 1. The van der Waals surface area contributed by atoms with Crippen molar-refractivity contribution in [1.82, 2.24) is 9.72 Å². The maximum atomic E-state index is 12.2. The number of benzene rings is 1. The van der Waals surface area contributed by atoms with E-state index >= 15 is 0 Å². The summed E-state index contributed by atoms with van der Waals surface area (Å²) in [5.74, 6) is 0.345. The van der Waals surface area contributed by atoms with Crippen LogP contribution >= 0.6 is 0 Å². The second kappa shape index (κ2) is 5.81. The molecule has 0 radical (unpaired) electrons. The number of nitriles is 1. The van der Waals surface area contributed by atoms with Gasteiger partial charge in [0.25, 0.3) is 5.91 Å². The number of rotatable bonds is 3. The second-order valence-electron chi connectivity index (χ2n) is 5.16. The van der Waals surface area contributed by atoms with Crippen LogP contribution in [0.15, 0.2) is 46.6 Å². The quantitative estimate of drug-likeness (QED) is 0.595. The molecule has 6 heteroatoms. The van der Waals surface area contributed by atoms with Gasteiger partial charge < -0.3 is 14.4 Å². The van der Waals surface area contributed by atoms with Crippen LogP contribution in [0.25, 0.3) is 17.0 Å². The Morgan fingerprint density at radius 1 is 1.43 bits per heavy atom. The topological polar surface area (TPSA) is 83.9 Å². The van der Waals surface area contributed by atoms with E-state index in [2.05, 4.69) is 10.5 Å². The lowest BCUT2D eigenvalue weighted by atomic mass is 10.1. The van der Waals surface area contributed by atoms with Gasteiger partial charge in [-0.25, -0.2) is 0 Å². The molecule has 1 aromatic carbocycles. The second-order valence-corrected chi connectivity index (χ2v) is 5.16. The monoisotopic (exact) mass is 306 g/mol. The van der Waals surface area contributed by atoms with Crippen LogP contribution in [0.2, 0.25) is 0 Å². The molecular weight excluding hydrogens is 292 g/mol. The average Bonchev–Trinajstić information content (AvgIpc) is 3.09. The lowest BCUT2D eigenvalue weighted by molar-refractivity contribution is -0.112. The van der Waals surface area contributed by atoms with Crippen molar-refractivity contribution in [3.05, 3.63) is 53.4 Å². The van der Waals surface area contributed by atoms with Crippen molar-refractivity contribution in [2.45, 2.75) is 6.92 Å². The third-order valence-electron chi connectivity index (χ3n) is 3.46. The summed E-state index contributed by atoms with van der Waals surface area (Å²) in [6, 6.07) is 11.3. The van der Waals surface area contributed by atoms with E-state index in [0.717, 1.165) is 16.5 Å². The van der Waals surface area contributed by atoms with E-state index in [1.807, 2.05) is 48.1 Å². The number of fused-ring (bicyclic) bond motifs is 1. The Morgan fingerprint density at radius 2 is 2.22 bits per heavy atom. The smallest absolute Gasteiger partial charge is 0.267 e. The molecule has 2 heterocycles. The van der Waals surface area contributed by atoms with Gasteiger partial charge in [0.15, 0.2) is 5.82 Å². The number of aryl methyl sites for hydroxylation is 2. The van der Waals surface area contributed by atoms with Crippen LogP contribution in [0.4, 0.5) is 5.82 Å². The minimum atomic E-state index is -0.520. The molecule has 0 saturated heterocycles. The van der Waals surface area contributed by atoms with Crippen LogP contribution in [0, 0.1) is 18.3 Å². The summed E-state index contributed by atoms with van der Waals surface area (Å²) in [5.41, 5.74) is 1.84. The lowest BCUT2D eigenvalue weighted by Gasteiger charge is -1.99. The van der Waals surface area contributed by atoms with Gasteiger partial charge >= 0.3 is 0 Å². The van der Waals surface area contributed by atoms with Crippen LogP contribution in [0.1, 0.15) is 11.3 Å². The molecule has 0 spiro atoms. The first-order chi connectivity index (χ1) is 11.1. The highest BCUT2D eigenvalue weighted by Crippen LogP contribution is 2.22. The molecule has 0 saturated carbocycles. The largest absolute Gasteiger partial charge is 0.360 e. The molecule has 0 aliphatic rings. The molecular formula is C17H14N4O2. The number of amides is 1. The minimum Gasteiger partial charge on any atom is -0.360 e. The molecule has 0 bridgehead atoms. The van der Waals surface area contributed by atoms with Crippen LogP contribution in [-0.2, 0) is 11.8 Å². The van der Waals surface area contributed by atoms with Gasteiger partial charge in [0.05, 0.1) is 0 Å². The number of hydrogen-bond acceptors (Lipinski definition) is 4. The Bertz CT molecular complexity index is 957. The minimum absolute atomic E-state index is 0.00186. The highest BCUT2D eigenvalue weighted by Gasteiger charge is 2.13. The van der Waals surface area contributed by atoms with Crippen molar-refractivity contribution in [2.75, 3.05) is 5.32 Å². The number of aromatic nitrogens is 2. The van der Waals surface area contributed by atoms with Crippen LogP contribution < -0.4 is 5.32 Å². The Labute approximate surface area is 132 Å². The van der Waals surface area contributed by atoms with Crippen molar-refractivity contribution in [3.8, 4) is 6.07 Å². The van der Waals surface area contributed by atoms with E-state index in [9.17, 15) is 10.1 Å². The van der Waals surface area contributed by atoms with Crippen LogP contribution in [-0.4, -0.2) is 15.6 Å². The summed E-state index contributed by atoms with van der Waals surface area (Å²) in [4.78, 5) is 12.2. The fourth-order valence-corrected chi connectivity index (χ4v) is 2.40. The number of para-hydroxylation sites is 1. The maximum absolute atomic E-state index is 12.2. The molecule has 1 N–H and O–H groups in total. The van der Waals surface area contributed by atoms with Crippen molar-refractivity contribution >= 4 is 28.7 Å². The Morgan fingerprint density at radius 3 is 2.91 bits per heavy atom. The van der Waals surface area contributed by atoms with E-state index in [1.165, 1.54) is 0 Å². The fourth-order valence-electron chi connectivity index (χ4n) is 2.40. The Hall–Kier alpha value is -3.33. The summed E-state index contributed by atoms with van der Waals surface area (Å²) in [5, 5.41) is 16.5. The zero-order chi connectivity index (χ0) is 16.4. The van der Waals surface area contributed by atoms with E-state index in [4.69, 9.17) is 4.52 Å². The summed E-state index contributed by atoms with van der Waals surface area (Å²) < 4.78 is 6.84. The predicted octanol–water partition coefficient (Wildman–Crippen LogP) is 3.02. The molecule has 3 aromatic rings. The molecule has 0 fully saturated rings. The van der Waals surface area contributed by atoms with Crippen LogP contribution in [0.5, 0.6) is 0 Å². The summed E-state index contributed by atoms with van der Waals surface area (Å²) in [6.07, 6.45) is 3.46. The molecule has 6 nitrogen and oxygen atoms in total. The first-order valence-corrected chi connectivity index (χ1v) is 6.99. The number of nitrogens with zero attached hydrogens (tertiary/aromatic N) is 3. The maximum Gasteiger partial charge on any atom is 0.267 e. The lowest BCUT2D eigenvalue weighted by Crippen LogP contribution is -2.13. The summed E-state index contributed by atoms with van der Waals surface area (Å²) in [6.45, 7) is 1.72. The Balaban J connectivity index is 1.94. The number of anilines is 1. The zero-order valence-corrected chi connectivity index (χ0v) is 12.7. The third-order valence-corrected chi connectivity index (χ3v) is 3.46. The van der Waals surface area contributed by atoms with Crippen LogP contribution in [0.3, 0.4) is 0 Å². The molecule has 114 valence electrons. The molecule has 0 aliphatic carbocycles. The van der Waals surface area contributed by atoms with Crippen molar-refractivity contribution in [3.63, 3.8) is 0 Å². The van der Waals surface area contributed by atoms with Crippen molar-refractivity contribution in [1.29, 1.82) is 5.26 Å². The van der Waals surface area contributed by atoms with E-state index < -0.39 is 5.91 Å². The van der Waals surface area contributed by atoms with E-state index in [0.29, 0.717) is 5.76 Å². The van der Waals surface area contributed by atoms with Gasteiger partial charge in [0.1, 0.15) is 17.4 Å². The number of carbonyl (C=O) groups excluding carboxylic acids is 1. The predicted molar refractivity (Wildman–Crippen MR) is 86.4 cm³/mol. The van der Waals surface area contributed by atoms with Gasteiger partial charge in [-0.1, -0.05) is 23.4 Å². The van der Waals surface area contributed by atoms with Gasteiger partial charge in [-0.05, 0) is 19.1 Å². The highest BCUT2D eigenvalue weighted by molar-refractivity contribution is 6.10. The van der Waals surface area contributed by atoms with Crippen molar-refractivity contribution in [2.24, 2.45) is 7.05 Å². The molecule has 23 heavy (non-hydrogen) atoms. The summed E-state index contributed by atoms with van der Waals surface area (Å²) >= 11 is 0. The molecule has 2 aromatic heterocycles. The molecule has 0 atom stereocenters. The average molecular weight is 306 g/mol. The number of carbonyl (C=O) groups is 1. The molecule has 0 aliphatic heterocycles. The van der Waals surface area contributed by atoms with Gasteiger partial charge in [-0.15, -0.1) is 0 Å². The highest BCUT2D eigenvalue weighted by atomic mass is 16.5. The number of nitrogens with one attached hydrogen (secondary N) is 1.